The number of benzene rings is 2. The fourth-order valence-corrected chi connectivity index (χ4v) is 1.98. The van der Waals surface area contributed by atoms with Crippen LogP contribution in [0.3, 0.4) is 0 Å². The van der Waals surface area contributed by atoms with E-state index in [0.29, 0.717) is 12.0 Å². The number of rotatable bonds is 4. The molecule has 20 heavy (non-hydrogen) atoms. The van der Waals surface area contributed by atoms with Gasteiger partial charge in [0.15, 0.2) is 0 Å². The zero-order valence-corrected chi connectivity index (χ0v) is 11.2. The Hall–Kier alpha value is -2.49. The van der Waals surface area contributed by atoms with Crippen molar-refractivity contribution in [3.63, 3.8) is 0 Å². The summed E-state index contributed by atoms with van der Waals surface area (Å²) in [4.78, 5) is 12.1. The first-order chi connectivity index (χ1) is 9.61. The molecule has 4 nitrogen and oxygen atoms in total. The van der Waals surface area contributed by atoms with Crippen LogP contribution in [-0.4, -0.2) is 16.2 Å². The Bertz CT molecular complexity index is 605. The molecule has 0 saturated carbocycles. The number of ether oxygens (including phenoxy) is 1. The molecule has 0 unspecified atom stereocenters. The minimum absolute atomic E-state index is 0.0704. The van der Waals surface area contributed by atoms with E-state index in [0.717, 1.165) is 11.6 Å². The van der Waals surface area contributed by atoms with Gasteiger partial charge in [-0.2, -0.15) is 0 Å². The van der Waals surface area contributed by atoms with E-state index in [1.807, 2.05) is 37.3 Å². The molecule has 0 aliphatic carbocycles. The molecule has 0 spiro atoms. The van der Waals surface area contributed by atoms with E-state index < -0.39 is 5.97 Å². The Morgan fingerprint density at radius 3 is 2.50 bits per heavy atom. The molecular weight excluding hydrogens is 256 g/mol. The second-order valence-electron chi connectivity index (χ2n) is 4.41. The number of aryl methyl sites for hydroxylation is 1. The molecule has 0 fully saturated rings. The molecule has 0 heterocycles. The molecule has 0 aromatic heterocycles. The lowest BCUT2D eigenvalue weighted by atomic mass is 10.0. The molecule has 4 heteroatoms. The van der Waals surface area contributed by atoms with Crippen molar-refractivity contribution in [3.8, 4) is 11.5 Å². The van der Waals surface area contributed by atoms with Crippen molar-refractivity contribution >= 4 is 5.97 Å². The Labute approximate surface area is 117 Å². The van der Waals surface area contributed by atoms with Crippen molar-refractivity contribution < 1.29 is 19.7 Å². The van der Waals surface area contributed by atoms with E-state index in [-0.39, 0.29) is 23.7 Å². The highest BCUT2D eigenvalue weighted by Crippen LogP contribution is 2.28. The van der Waals surface area contributed by atoms with Crippen molar-refractivity contribution in [1.82, 2.24) is 0 Å². The number of carbonyl (C=O) groups excluding carboxylic acids is 1. The van der Waals surface area contributed by atoms with Gasteiger partial charge in [0.2, 0.25) is 0 Å². The molecule has 0 amide bonds. The number of hydrogen-bond donors (Lipinski definition) is 2. The first-order valence-corrected chi connectivity index (χ1v) is 6.37. The number of phenolic OH excluding ortho intramolecular Hbond substituents is 2. The SMILES string of the molecule is CCc1cc(O)cc(O)c1C(=O)OCc1ccccc1. The Balaban J connectivity index is 2.17. The number of phenols is 2. The van der Waals surface area contributed by atoms with Gasteiger partial charge >= 0.3 is 5.97 Å². The van der Waals surface area contributed by atoms with E-state index in [2.05, 4.69) is 0 Å². The molecule has 2 N–H and O–H groups in total. The fraction of sp³-hybridized carbons (Fsp3) is 0.188. The molecule has 0 bridgehead atoms. The summed E-state index contributed by atoms with van der Waals surface area (Å²) in [6.07, 6.45) is 0.512. The highest BCUT2D eigenvalue weighted by atomic mass is 16.5. The first-order valence-electron chi connectivity index (χ1n) is 6.37. The van der Waals surface area contributed by atoms with Crippen LogP contribution in [0.2, 0.25) is 0 Å². The zero-order chi connectivity index (χ0) is 14.5. The van der Waals surface area contributed by atoms with Gasteiger partial charge in [-0.15, -0.1) is 0 Å². The third-order valence-corrected chi connectivity index (χ3v) is 2.98. The third-order valence-electron chi connectivity index (χ3n) is 2.98. The predicted octanol–water partition coefficient (Wildman–Crippen LogP) is 3.02. The number of carbonyl (C=O) groups is 1. The molecule has 2 aromatic carbocycles. The summed E-state index contributed by atoms with van der Waals surface area (Å²) < 4.78 is 5.20. The fourth-order valence-electron chi connectivity index (χ4n) is 1.98. The average Bonchev–Trinajstić information content (AvgIpc) is 2.45. The monoisotopic (exact) mass is 272 g/mol. The van der Waals surface area contributed by atoms with Gasteiger partial charge < -0.3 is 14.9 Å². The molecule has 0 atom stereocenters. The quantitative estimate of drug-likeness (QED) is 0.840. The maximum Gasteiger partial charge on any atom is 0.342 e. The van der Waals surface area contributed by atoms with E-state index in [4.69, 9.17) is 4.74 Å². The van der Waals surface area contributed by atoms with Gasteiger partial charge in [-0.3, -0.25) is 0 Å². The van der Waals surface area contributed by atoms with Crippen LogP contribution in [0.5, 0.6) is 11.5 Å². The highest BCUT2D eigenvalue weighted by molar-refractivity contribution is 5.94. The van der Waals surface area contributed by atoms with Crippen molar-refractivity contribution in [2.45, 2.75) is 20.0 Å². The van der Waals surface area contributed by atoms with Crippen LogP contribution in [0.4, 0.5) is 0 Å². The number of hydrogen-bond acceptors (Lipinski definition) is 4. The van der Waals surface area contributed by atoms with Crippen LogP contribution in [-0.2, 0) is 17.8 Å². The smallest absolute Gasteiger partial charge is 0.342 e. The summed E-state index contributed by atoms with van der Waals surface area (Å²) in [7, 11) is 0. The van der Waals surface area contributed by atoms with E-state index in [9.17, 15) is 15.0 Å². The van der Waals surface area contributed by atoms with E-state index >= 15 is 0 Å². The van der Waals surface area contributed by atoms with Crippen molar-refractivity contribution in [1.29, 1.82) is 0 Å². The molecule has 0 aliphatic rings. The summed E-state index contributed by atoms with van der Waals surface area (Å²) in [5.41, 5.74) is 1.54. The maximum atomic E-state index is 12.1. The molecule has 104 valence electrons. The van der Waals surface area contributed by atoms with Gasteiger partial charge in [0, 0.05) is 6.07 Å². The van der Waals surface area contributed by atoms with Gasteiger partial charge in [0.1, 0.15) is 23.7 Å². The Morgan fingerprint density at radius 1 is 1.15 bits per heavy atom. The summed E-state index contributed by atoms with van der Waals surface area (Å²) in [6, 6.07) is 11.9. The summed E-state index contributed by atoms with van der Waals surface area (Å²) in [5.74, 6) is -0.929. The summed E-state index contributed by atoms with van der Waals surface area (Å²) in [6.45, 7) is 1.98. The highest BCUT2D eigenvalue weighted by Gasteiger charge is 2.18. The van der Waals surface area contributed by atoms with Crippen molar-refractivity contribution in [2.24, 2.45) is 0 Å². The number of aromatic hydroxyl groups is 2. The second kappa shape index (κ2) is 6.10. The van der Waals surface area contributed by atoms with E-state index in [1.165, 1.54) is 6.07 Å². The lowest BCUT2D eigenvalue weighted by Gasteiger charge is -2.11. The van der Waals surface area contributed by atoms with Gasteiger partial charge in [0.25, 0.3) is 0 Å². The number of esters is 1. The normalized spacial score (nSPS) is 10.2. The van der Waals surface area contributed by atoms with Gasteiger partial charge in [-0.1, -0.05) is 37.3 Å². The molecule has 2 rings (SSSR count). The Morgan fingerprint density at radius 2 is 1.85 bits per heavy atom. The summed E-state index contributed by atoms with van der Waals surface area (Å²) in [5, 5.41) is 19.2. The molecule has 0 radical (unpaired) electrons. The van der Waals surface area contributed by atoms with Gasteiger partial charge in [-0.05, 0) is 23.6 Å². The van der Waals surface area contributed by atoms with E-state index in [1.54, 1.807) is 0 Å². The largest absolute Gasteiger partial charge is 0.508 e. The van der Waals surface area contributed by atoms with Crippen molar-refractivity contribution in [2.75, 3.05) is 0 Å². The lowest BCUT2D eigenvalue weighted by molar-refractivity contribution is 0.0468. The molecular formula is C16H16O4. The van der Waals surface area contributed by atoms with Crippen LogP contribution >= 0.6 is 0 Å². The molecule has 0 saturated heterocycles. The third kappa shape index (κ3) is 3.09. The van der Waals surface area contributed by atoms with Crippen molar-refractivity contribution in [3.05, 3.63) is 59.2 Å². The lowest BCUT2D eigenvalue weighted by Crippen LogP contribution is -2.08. The predicted molar refractivity (Wildman–Crippen MR) is 74.7 cm³/mol. The second-order valence-corrected chi connectivity index (χ2v) is 4.41. The molecule has 0 aliphatic heterocycles. The minimum Gasteiger partial charge on any atom is -0.508 e. The van der Waals surface area contributed by atoms with Gasteiger partial charge in [-0.25, -0.2) is 4.79 Å². The average molecular weight is 272 g/mol. The topological polar surface area (TPSA) is 66.8 Å². The summed E-state index contributed by atoms with van der Waals surface area (Å²) >= 11 is 0. The van der Waals surface area contributed by atoms with Crippen LogP contribution in [0, 0.1) is 0 Å². The Kier molecular flexibility index (Phi) is 4.25. The van der Waals surface area contributed by atoms with Crippen LogP contribution < -0.4 is 0 Å². The van der Waals surface area contributed by atoms with Crippen LogP contribution in [0.25, 0.3) is 0 Å². The van der Waals surface area contributed by atoms with Crippen LogP contribution in [0.15, 0.2) is 42.5 Å². The standard InChI is InChI=1S/C16H16O4/c1-2-12-8-13(17)9-14(18)15(12)16(19)20-10-11-6-4-3-5-7-11/h3-9,17-18H,2,10H2,1H3. The first kappa shape index (κ1) is 13.9. The minimum atomic E-state index is -0.594. The van der Waals surface area contributed by atoms with Crippen LogP contribution in [0.1, 0.15) is 28.4 Å². The molecule has 2 aromatic rings. The maximum absolute atomic E-state index is 12.1. The zero-order valence-electron chi connectivity index (χ0n) is 11.2. The van der Waals surface area contributed by atoms with Gasteiger partial charge in [0.05, 0.1) is 0 Å².